The minimum atomic E-state index is 0.610. The summed E-state index contributed by atoms with van der Waals surface area (Å²) in [6.07, 6.45) is 1.18. The molecule has 0 aliphatic carbocycles. The second-order valence-corrected chi connectivity index (χ2v) is 3.77. The molecule has 1 fully saturated rings. The molecule has 1 aliphatic heterocycles. The predicted molar refractivity (Wildman–Crippen MR) is 56.8 cm³/mol. The molecule has 3 heteroatoms. The van der Waals surface area contributed by atoms with E-state index in [0.717, 1.165) is 6.54 Å². The highest BCUT2D eigenvalue weighted by atomic mass is 15.3. The van der Waals surface area contributed by atoms with Crippen LogP contribution in [-0.2, 0) is 0 Å². The Balaban J connectivity index is 2.30. The van der Waals surface area contributed by atoms with Crippen LogP contribution in [0, 0.1) is 0 Å². The zero-order chi connectivity index (χ0) is 9.68. The summed E-state index contributed by atoms with van der Waals surface area (Å²) in [4.78, 5) is 5.03. The summed E-state index contributed by atoms with van der Waals surface area (Å²) < 4.78 is 0. The summed E-state index contributed by atoms with van der Waals surface area (Å²) in [5.74, 6) is 0. The van der Waals surface area contributed by atoms with Crippen LogP contribution < -0.4 is 5.73 Å². The third-order valence-electron chi connectivity index (χ3n) is 3.11. The van der Waals surface area contributed by atoms with E-state index in [1.165, 1.54) is 39.1 Å². The molecule has 1 aliphatic rings. The van der Waals surface area contributed by atoms with Gasteiger partial charge in [-0.1, -0.05) is 13.8 Å². The molecule has 0 aromatic heterocycles. The van der Waals surface area contributed by atoms with Crippen LogP contribution in [0.15, 0.2) is 0 Å². The second-order valence-electron chi connectivity index (χ2n) is 3.77. The fourth-order valence-electron chi connectivity index (χ4n) is 2.02. The van der Waals surface area contributed by atoms with E-state index >= 15 is 0 Å². The molecular weight excluding hydrogens is 162 g/mol. The lowest BCUT2D eigenvalue weighted by Gasteiger charge is -2.38. The molecule has 1 rings (SSSR count). The Morgan fingerprint density at radius 3 is 2.15 bits per heavy atom. The van der Waals surface area contributed by atoms with Crippen molar-refractivity contribution in [3.8, 4) is 0 Å². The van der Waals surface area contributed by atoms with Crippen LogP contribution in [0.5, 0.6) is 0 Å². The summed E-state index contributed by atoms with van der Waals surface area (Å²) in [6, 6.07) is 0.610. The van der Waals surface area contributed by atoms with Gasteiger partial charge in [-0.3, -0.25) is 4.90 Å². The van der Waals surface area contributed by atoms with Crippen LogP contribution in [0.4, 0.5) is 0 Å². The normalized spacial score (nSPS) is 23.3. The van der Waals surface area contributed by atoms with E-state index in [9.17, 15) is 0 Å². The van der Waals surface area contributed by atoms with Crippen molar-refractivity contribution in [1.29, 1.82) is 0 Å². The van der Waals surface area contributed by atoms with Gasteiger partial charge < -0.3 is 10.6 Å². The van der Waals surface area contributed by atoms with Gasteiger partial charge in [-0.2, -0.15) is 0 Å². The van der Waals surface area contributed by atoms with E-state index in [-0.39, 0.29) is 0 Å². The van der Waals surface area contributed by atoms with E-state index in [1.54, 1.807) is 0 Å². The quantitative estimate of drug-likeness (QED) is 0.686. The highest BCUT2D eigenvalue weighted by molar-refractivity contribution is 4.77. The number of hydrogen-bond donors (Lipinski definition) is 1. The lowest BCUT2D eigenvalue weighted by atomic mass is 10.1. The molecule has 1 unspecified atom stereocenters. The van der Waals surface area contributed by atoms with Crippen LogP contribution in [0.2, 0.25) is 0 Å². The van der Waals surface area contributed by atoms with E-state index < -0.39 is 0 Å². The van der Waals surface area contributed by atoms with E-state index in [1.807, 2.05) is 0 Å². The van der Waals surface area contributed by atoms with Gasteiger partial charge in [0.25, 0.3) is 0 Å². The number of nitrogens with two attached hydrogens (primary N) is 1. The molecule has 0 spiro atoms. The Morgan fingerprint density at radius 1 is 1.15 bits per heavy atom. The van der Waals surface area contributed by atoms with E-state index in [4.69, 9.17) is 5.73 Å². The van der Waals surface area contributed by atoms with Gasteiger partial charge in [0.05, 0.1) is 0 Å². The SMILES string of the molecule is CCC(CN)N1CCN(CC)CC1. The molecule has 1 saturated heterocycles. The summed E-state index contributed by atoms with van der Waals surface area (Å²) >= 11 is 0. The van der Waals surface area contributed by atoms with E-state index in [0.29, 0.717) is 6.04 Å². The van der Waals surface area contributed by atoms with Crippen molar-refractivity contribution in [3.63, 3.8) is 0 Å². The van der Waals surface area contributed by atoms with Crippen LogP contribution in [-0.4, -0.2) is 55.1 Å². The van der Waals surface area contributed by atoms with Gasteiger partial charge in [-0.05, 0) is 13.0 Å². The average Bonchev–Trinajstić information content (AvgIpc) is 2.21. The summed E-state index contributed by atoms with van der Waals surface area (Å²) in [5, 5.41) is 0. The first-order chi connectivity index (χ1) is 6.31. The third-order valence-corrected chi connectivity index (χ3v) is 3.11. The van der Waals surface area contributed by atoms with Gasteiger partial charge in [-0.15, -0.1) is 0 Å². The first-order valence-corrected chi connectivity index (χ1v) is 5.48. The number of piperazine rings is 1. The standard InChI is InChI=1S/C10H23N3/c1-3-10(9-11)13-7-5-12(4-2)6-8-13/h10H,3-9,11H2,1-2H3. The van der Waals surface area contributed by atoms with Gasteiger partial charge in [0, 0.05) is 38.8 Å². The zero-order valence-corrected chi connectivity index (χ0v) is 9.00. The van der Waals surface area contributed by atoms with Gasteiger partial charge in [0.1, 0.15) is 0 Å². The predicted octanol–water partition coefficient (Wildman–Crippen LogP) is 0.361. The van der Waals surface area contributed by atoms with E-state index in [2.05, 4.69) is 23.6 Å². The largest absolute Gasteiger partial charge is 0.329 e. The third kappa shape index (κ3) is 2.93. The number of nitrogens with zero attached hydrogens (tertiary/aromatic N) is 2. The molecule has 3 nitrogen and oxygen atoms in total. The van der Waals surface area contributed by atoms with Gasteiger partial charge in [0.15, 0.2) is 0 Å². The molecule has 0 aromatic rings. The van der Waals surface area contributed by atoms with Gasteiger partial charge >= 0.3 is 0 Å². The number of rotatable bonds is 4. The molecule has 1 heterocycles. The fourth-order valence-corrected chi connectivity index (χ4v) is 2.02. The van der Waals surface area contributed by atoms with Crippen molar-refractivity contribution in [3.05, 3.63) is 0 Å². The van der Waals surface area contributed by atoms with Gasteiger partial charge in [-0.25, -0.2) is 0 Å². The molecule has 78 valence electrons. The minimum absolute atomic E-state index is 0.610. The highest BCUT2D eigenvalue weighted by Gasteiger charge is 2.20. The Labute approximate surface area is 81.9 Å². The van der Waals surface area contributed by atoms with Crippen molar-refractivity contribution in [2.24, 2.45) is 5.73 Å². The monoisotopic (exact) mass is 185 g/mol. The molecule has 0 amide bonds. The first kappa shape index (κ1) is 11.0. The fraction of sp³-hybridized carbons (Fsp3) is 1.00. The van der Waals surface area contributed by atoms with Crippen molar-refractivity contribution < 1.29 is 0 Å². The Hall–Kier alpha value is -0.120. The zero-order valence-electron chi connectivity index (χ0n) is 9.00. The molecule has 0 saturated carbocycles. The highest BCUT2D eigenvalue weighted by Crippen LogP contribution is 2.07. The number of hydrogen-bond acceptors (Lipinski definition) is 3. The minimum Gasteiger partial charge on any atom is -0.329 e. The molecule has 0 bridgehead atoms. The van der Waals surface area contributed by atoms with Crippen LogP contribution in [0.3, 0.4) is 0 Å². The topological polar surface area (TPSA) is 32.5 Å². The molecular formula is C10H23N3. The Morgan fingerprint density at radius 2 is 1.77 bits per heavy atom. The molecule has 1 atom stereocenters. The first-order valence-electron chi connectivity index (χ1n) is 5.48. The Bertz CT molecular complexity index is 126. The Kier molecular flexibility index (Phi) is 4.70. The van der Waals surface area contributed by atoms with Crippen molar-refractivity contribution >= 4 is 0 Å². The molecule has 0 aromatic carbocycles. The lowest BCUT2D eigenvalue weighted by molar-refractivity contribution is 0.100. The molecule has 0 radical (unpaired) electrons. The summed E-state index contributed by atoms with van der Waals surface area (Å²) in [7, 11) is 0. The van der Waals surface area contributed by atoms with Crippen molar-refractivity contribution in [1.82, 2.24) is 9.80 Å². The molecule has 13 heavy (non-hydrogen) atoms. The van der Waals surface area contributed by atoms with Crippen molar-refractivity contribution in [2.45, 2.75) is 26.3 Å². The van der Waals surface area contributed by atoms with Crippen LogP contribution in [0.1, 0.15) is 20.3 Å². The van der Waals surface area contributed by atoms with Crippen LogP contribution >= 0.6 is 0 Å². The maximum Gasteiger partial charge on any atom is 0.0216 e. The number of likely N-dealkylation sites (N-methyl/N-ethyl adjacent to an activating group) is 1. The van der Waals surface area contributed by atoms with Crippen LogP contribution in [0.25, 0.3) is 0 Å². The lowest BCUT2D eigenvalue weighted by Crippen LogP contribution is -2.51. The van der Waals surface area contributed by atoms with Crippen molar-refractivity contribution in [2.75, 3.05) is 39.3 Å². The summed E-state index contributed by atoms with van der Waals surface area (Å²) in [5.41, 5.74) is 5.73. The maximum atomic E-state index is 5.73. The average molecular weight is 185 g/mol. The second kappa shape index (κ2) is 5.58. The maximum absolute atomic E-state index is 5.73. The summed E-state index contributed by atoms with van der Waals surface area (Å²) in [6.45, 7) is 11.3. The molecule has 2 N–H and O–H groups in total. The van der Waals surface area contributed by atoms with Gasteiger partial charge in [0.2, 0.25) is 0 Å². The smallest absolute Gasteiger partial charge is 0.0216 e.